The minimum absolute atomic E-state index is 0.0790. The maximum absolute atomic E-state index is 13.2. The topological polar surface area (TPSA) is 52.8 Å². The lowest BCUT2D eigenvalue weighted by atomic mass is 10.1. The number of ether oxygens (including phenoxy) is 2. The highest BCUT2D eigenvalue weighted by Gasteiger charge is 2.15. The Morgan fingerprint density at radius 1 is 1.09 bits per heavy atom. The van der Waals surface area contributed by atoms with Crippen LogP contribution in [0.4, 0.5) is 0 Å². The van der Waals surface area contributed by atoms with Gasteiger partial charge in [0.1, 0.15) is 6.61 Å². The second-order valence-corrected chi connectivity index (χ2v) is 11.1. The van der Waals surface area contributed by atoms with E-state index in [0.29, 0.717) is 37.6 Å². The summed E-state index contributed by atoms with van der Waals surface area (Å²) in [6.07, 6.45) is 1.86. The molecule has 5 nitrogen and oxygen atoms in total. The van der Waals surface area contributed by atoms with Crippen molar-refractivity contribution in [3.8, 4) is 11.5 Å². The average Bonchev–Trinajstić information content (AvgIpc) is 3.30. The Hall–Kier alpha value is -2.33. The van der Waals surface area contributed by atoms with Gasteiger partial charge in [-0.25, -0.2) is 9.38 Å². The Labute approximate surface area is 229 Å². The number of fused-ring (bicyclic) bond motifs is 3. The second-order valence-electron chi connectivity index (χ2n) is 8.14. The Kier molecular flexibility index (Phi) is 6.69. The summed E-state index contributed by atoms with van der Waals surface area (Å²) in [5, 5.41) is 0.979. The summed E-state index contributed by atoms with van der Waals surface area (Å²) in [7, 11) is 1.59. The molecule has 0 unspecified atom stereocenters. The normalized spacial score (nSPS) is 12.1. The Bertz CT molecular complexity index is 1730. The van der Waals surface area contributed by atoms with E-state index < -0.39 is 0 Å². The summed E-state index contributed by atoms with van der Waals surface area (Å²) in [6.45, 7) is 4.40. The molecule has 178 valence electrons. The fourth-order valence-corrected chi connectivity index (χ4v) is 5.91. The van der Waals surface area contributed by atoms with Crippen molar-refractivity contribution in [3.05, 3.63) is 93.2 Å². The zero-order valence-corrected chi connectivity index (χ0v) is 23.5. The van der Waals surface area contributed by atoms with E-state index in [4.69, 9.17) is 32.7 Å². The van der Waals surface area contributed by atoms with E-state index in [1.54, 1.807) is 23.6 Å². The van der Waals surface area contributed by atoms with E-state index in [0.717, 1.165) is 36.9 Å². The van der Waals surface area contributed by atoms with Gasteiger partial charge in [-0.3, -0.25) is 4.79 Å². The standard InChI is InChI=1S/C26H19Cl2IN2O3S/c1-13-6-20-21(7-14(13)2)31-25(32)23(35-26(31)30-20)11-16-9-19(29)24(22(10-16)33-3)34-12-15-4-5-17(27)18(28)8-15/h4-11H,12H2,1-3H3/b23-11-. The van der Waals surface area contributed by atoms with Gasteiger partial charge < -0.3 is 9.47 Å². The van der Waals surface area contributed by atoms with E-state index in [-0.39, 0.29) is 5.56 Å². The first-order valence-corrected chi connectivity index (χ1v) is 13.3. The maximum Gasteiger partial charge on any atom is 0.274 e. The molecule has 3 aromatic carbocycles. The summed E-state index contributed by atoms with van der Waals surface area (Å²) < 4.78 is 14.8. The molecule has 0 aliphatic heterocycles. The van der Waals surface area contributed by atoms with Crippen molar-refractivity contribution in [1.29, 1.82) is 0 Å². The average molecular weight is 637 g/mol. The van der Waals surface area contributed by atoms with Gasteiger partial charge in [0, 0.05) is 0 Å². The van der Waals surface area contributed by atoms with Crippen LogP contribution >= 0.6 is 57.1 Å². The van der Waals surface area contributed by atoms with Crippen LogP contribution in [0.3, 0.4) is 0 Å². The van der Waals surface area contributed by atoms with Crippen LogP contribution in [-0.2, 0) is 6.61 Å². The number of rotatable bonds is 5. The molecule has 0 amide bonds. The van der Waals surface area contributed by atoms with E-state index in [1.165, 1.54) is 11.3 Å². The predicted molar refractivity (Wildman–Crippen MR) is 152 cm³/mol. The third kappa shape index (κ3) is 4.62. The number of thiazole rings is 1. The predicted octanol–water partition coefficient (Wildman–Crippen LogP) is 6.57. The maximum atomic E-state index is 13.2. The summed E-state index contributed by atoms with van der Waals surface area (Å²) >= 11 is 15.7. The molecule has 35 heavy (non-hydrogen) atoms. The molecular formula is C26H19Cl2IN2O3S. The number of methoxy groups -OCH3 is 1. The highest BCUT2D eigenvalue weighted by atomic mass is 127. The first-order valence-electron chi connectivity index (χ1n) is 10.6. The first-order chi connectivity index (χ1) is 16.7. The van der Waals surface area contributed by atoms with Crippen LogP contribution in [-0.4, -0.2) is 16.5 Å². The molecule has 2 aromatic heterocycles. The largest absolute Gasteiger partial charge is 0.493 e. The lowest BCUT2D eigenvalue weighted by Crippen LogP contribution is -2.22. The molecule has 2 heterocycles. The monoisotopic (exact) mass is 636 g/mol. The van der Waals surface area contributed by atoms with Crippen molar-refractivity contribution in [2.75, 3.05) is 7.11 Å². The fraction of sp³-hybridized carbons (Fsp3) is 0.154. The van der Waals surface area contributed by atoms with E-state index >= 15 is 0 Å². The van der Waals surface area contributed by atoms with Gasteiger partial charge in [0.25, 0.3) is 5.56 Å². The SMILES string of the molecule is COc1cc(/C=c2\sc3nc4cc(C)c(C)cc4n3c2=O)cc(I)c1OCc1ccc(Cl)c(Cl)c1. The molecule has 5 rings (SSSR count). The van der Waals surface area contributed by atoms with Crippen molar-refractivity contribution in [3.63, 3.8) is 0 Å². The van der Waals surface area contributed by atoms with Gasteiger partial charge in [0.15, 0.2) is 16.5 Å². The molecule has 0 bridgehead atoms. The molecule has 0 spiro atoms. The molecule has 0 saturated heterocycles. The van der Waals surface area contributed by atoms with Crippen LogP contribution in [0.2, 0.25) is 10.0 Å². The zero-order chi connectivity index (χ0) is 24.9. The molecule has 5 aromatic rings. The number of halogens is 3. The summed E-state index contributed by atoms with van der Waals surface area (Å²) in [5.41, 5.74) is 5.61. The molecule has 0 N–H and O–H groups in total. The van der Waals surface area contributed by atoms with E-state index in [1.807, 2.05) is 50.3 Å². The molecular weight excluding hydrogens is 618 g/mol. The number of benzene rings is 3. The van der Waals surface area contributed by atoms with Gasteiger partial charge in [-0.15, -0.1) is 0 Å². The molecule has 0 radical (unpaired) electrons. The number of aryl methyl sites for hydroxylation is 2. The zero-order valence-electron chi connectivity index (χ0n) is 19.0. The van der Waals surface area contributed by atoms with Crippen LogP contribution in [0.15, 0.2) is 47.3 Å². The molecule has 0 saturated carbocycles. The summed E-state index contributed by atoms with van der Waals surface area (Å²) in [5.74, 6) is 1.20. The van der Waals surface area contributed by atoms with E-state index in [9.17, 15) is 4.79 Å². The number of hydrogen-bond acceptors (Lipinski definition) is 5. The van der Waals surface area contributed by atoms with Crippen molar-refractivity contribution >= 4 is 79.2 Å². The van der Waals surface area contributed by atoms with Crippen molar-refractivity contribution in [2.24, 2.45) is 0 Å². The van der Waals surface area contributed by atoms with Crippen LogP contribution in [0, 0.1) is 17.4 Å². The highest BCUT2D eigenvalue weighted by molar-refractivity contribution is 14.1. The van der Waals surface area contributed by atoms with Gasteiger partial charge >= 0.3 is 0 Å². The van der Waals surface area contributed by atoms with E-state index in [2.05, 4.69) is 27.6 Å². The van der Waals surface area contributed by atoms with Crippen LogP contribution in [0.1, 0.15) is 22.3 Å². The van der Waals surface area contributed by atoms with Crippen molar-refractivity contribution in [1.82, 2.24) is 9.38 Å². The smallest absolute Gasteiger partial charge is 0.274 e. The van der Waals surface area contributed by atoms with Crippen LogP contribution < -0.4 is 19.6 Å². The van der Waals surface area contributed by atoms with Gasteiger partial charge in [-0.1, -0.05) is 40.6 Å². The number of aromatic nitrogens is 2. The Morgan fingerprint density at radius 3 is 2.60 bits per heavy atom. The third-order valence-corrected chi connectivity index (χ3v) is 8.28. The molecule has 0 aliphatic rings. The minimum atomic E-state index is -0.0790. The highest BCUT2D eigenvalue weighted by Crippen LogP contribution is 2.35. The van der Waals surface area contributed by atoms with Gasteiger partial charge in [-0.2, -0.15) is 0 Å². The number of hydrogen-bond donors (Lipinski definition) is 0. The minimum Gasteiger partial charge on any atom is -0.493 e. The van der Waals surface area contributed by atoms with Crippen molar-refractivity contribution in [2.45, 2.75) is 20.5 Å². The van der Waals surface area contributed by atoms with Crippen LogP contribution in [0.25, 0.3) is 22.1 Å². The lowest BCUT2D eigenvalue weighted by molar-refractivity contribution is 0.282. The molecule has 9 heteroatoms. The van der Waals surface area contributed by atoms with Crippen molar-refractivity contribution < 1.29 is 9.47 Å². The van der Waals surface area contributed by atoms with Gasteiger partial charge in [0.05, 0.1) is 36.3 Å². The molecule has 0 fully saturated rings. The molecule has 0 atom stereocenters. The quantitative estimate of drug-likeness (QED) is 0.205. The number of imidazole rings is 1. The van der Waals surface area contributed by atoms with Gasteiger partial charge in [-0.05, 0) is 101 Å². The first kappa shape index (κ1) is 24.4. The third-order valence-electron chi connectivity index (χ3n) is 5.77. The van der Waals surface area contributed by atoms with Gasteiger partial charge in [0.2, 0.25) is 0 Å². The summed E-state index contributed by atoms with van der Waals surface area (Å²) in [6, 6.07) is 13.3. The second kappa shape index (κ2) is 9.61. The molecule has 0 aliphatic carbocycles. The number of nitrogens with zero attached hydrogens (tertiary/aromatic N) is 2. The summed E-state index contributed by atoms with van der Waals surface area (Å²) in [4.78, 5) is 18.6. The Morgan fingerprint density at radius 2 is 1.86 bits per heavy atom. The lowest BCUT2D eigenvalue weighted by Gasteiger charge is -2.14. The van der Waals surface area contributed by atoms with Crippen LogP contribution in [0.5, 0.6) is 11.5 Å². The Balaban J connectivity index is 1.51. The fourth-order valence-electron chi connectivity index (χ4n) is 3.82.